The third-order valence-electron chi connectivity index (χ3n) is 2.31. The molecule has 0 spiro atoms. The number of carbonyl (C=O) groups is 1. The van der Waals surface area contributed by atoms with Crippen molar-refractivity contribution in [3.63, 3.8) is 0 Å². The molecule has 0 radical (unpaired) electrons. The minimum absolute atomic E-state index is 0.306. The minimum atomic E-state index is -0.902. The van der Waals surface area contributed by atoms with E-state index in [1.54, 1.807) is 6.92 Å². The number of carboxylic acid groups (broad SMARTS) is 1. The molecule has 0 aromatic rings. The van der Waals surface area contributed by atoms with Crippen molar-refractivity contribution >= 4 is 5.97 Å². The lowest BCUT2D eigenvalue weighted by molar-refractivity contribution is -0.132. The molecule has 78 valence electrons. The number of hydrogen-bond acceptors (Lipinski definition) is 2. The Morgan fingerprint density at radius 1 is 1.64 bits per heavy atom. The molecule has 1 aliphatic carbocycles. The Kier molecular flexibility index (Phi) is 3.74. The number of rotatable bonds is 4. The van der Waals surface area contributed by atoms with Crippen LogP contribution in [-0.4, -0.2) is 11.1 Å². The van der Waals surface area contributed by atoms with Crippen LogP contribution in [0.1, 0.15) is 39.5 Å². The van der Waals surface area contributed by atoms with Crippen LogP contribution in [0.2, 0.25) is 0 Å². The lowest BCUT2D eigenvalue weighted by Crippen LogP contribution is -2.03. The van der Waals surface area contributed by atoms with Gasteiger partial charge in [-0.3, -0.25) is 0 Å². The van der Waals surface area contributed by atoms with E-state index in [9.17, 15) is 4.79 Å². The Balaban J connectivity index is 2.71. The fraction of sp³-hybridized carbons (Fsp3) is 0.545. The zero-order chi connectivity index (χ0) is 10.6. The summed E-state index contributed by atoms with van der Waals surface area (Å²) in [5, 5.41) is 8.80. The predicted octanol–water partition coefficient (Wildman–Crippen LogP) is 2.84. The van der Waals surface area contributed by atoms with Gasteiger partial charge in [-0.15, -0.1) is 0 Å². The van der Waals surface area contributed by atoms with Gasteiger partial charge in [0, 0.05) is 12.8 Å². The van der Waals surface area contributed by atoms with Gasteiger partial charge in [0.1, 0.15) is 5.76 Å². The summed E-state index contributed by atoms with van der Waals surface area (Å²) in [4.78, 5) is 10.7. The van der Waals surface area contributed by atoms with Crippen molar-refractivity contribution in [1.29, 1.82) is 0 Å². The molecule has 0 bridgehead atoms. The van der Waals surface area contributed by atoms with Crippen LogP contribution in [0.5, 0.6) is 0 Å². The maximum atomic E-state index is 10.7. The molecule has 0 aromatic heterocycles. The van der Waals surface area contributed by atoms with Crippen LogP contribution in [-0.2, 0) is 9.53 Å². The summed E-state index contributed by atoms with van der Waals surface area (Å²) in [5.41, 5.74) is 0.306. The molecule has 1 aliphatic rings. The molecule has 1 rings (SSSR count). The van der Waals surface area contributed by atoms with Crippen molar-refractivity contribution in [3.05, 3.63) is 23.2 Å². The maximum Gasteiger partial charge on any atom is 0.334 e. The van der Waals surface area contributed by atoms with E-state index in [4.69, 9.17) is 9.84 Å². The molecule has 0 saturated carbocycles. The van der Waals surface area contributed by atoms with Gasteiger partial charge in [-0.25, -0.2) is 4.79 Å². The number of hydrogen-bond donors (Lipinski definition) is 1. The van der Waals surface area contributed by atoms with Crippen LogP contribution < -0.4 is 0 Å². The molecule has 0 aromatic carbocycles. The maximum absolute atomic E-state index is 10.7. The van der Waals surface area contributed by atoms with Crippen molar-refractivity contribution in [2.24, 2.45) is 0 Å². The van der Waals surface area contributed by atoms with E-state index in [2.05, 4.69) is 0 Å². The predicted molar refractivity (Wildman–Crippen MR) is 53.6 cm³/mol. The van der Waals surface area contributed by atoms with Crippen molar-refractivity contribution in [2.45, 2.75) is 39.5 Å². The largest absolute Gasteiger partial charge is 0.478 e. The molecule has 14 heavy (non-hydrogen) atoms. The summed E-state index contributed by atoms with van der Waals surface area (Å²) in [5.74, 6) is 0.591. The van der Waals surface area contributed by atoms with Crippen molar-refractivity contribution < 1.29 is 14.6 Å². The standard InChI is InChI=1S/C11H16O3/c1-3-10(8(2)11(12)13)14-9-6-4-5-7-9/h6H,3-5,7H2,1-2H3,(H,12,13)/b10-8+. The van der Waals surface area contributed by atoms with E-state index >= 15 is 0 Å². The van der Waals surface area contributed by atoms with E-state index in [0.717, 1.165) is 25.0 Å². The van der Waals surface area contributed by atoms with Gasteiger partial charge in [0.05, 0.1) is 11.3 Å². The average Bonchev–Trinajstić information content (AvgIpc) is 2.65. The molecule has 1 N–H and O–H groups in total. The third kappa shape index (κ3) is 2.62. The Labute approximate surface area is 84.1 Å². The number of aliphatic carboxylic acids is 1. The lowest BCUT2D eigenvalue weighted by atomic mass is 10.2. The van der Waals surface area contributed by atoms with Crippen LogP contribution in [0.4, 0.5) is 0 Å². The van der Waals surface area contributed by atoms with Gasteiger partial charge in [-0.1, -0.05) is 6.92 Å². The monoisotopic (exact) mass is 196 g/mol. The second kappa shape index (κ2) is 4.84. The summed E-state index contributed by atoms with van der Waals surface area (Å²) in [6, 6.07) is 0. The Hall–Kier alpha value is -1.25. The van der Waals surface area contributed by atoms with Crippen molar-refractivity contribution in [1.82, 2.24) is 0 Å². The highest BCUT2D eigenvalue weighted by Crippen LogP contribution is 2.23. The van der Waals surface area contributed by atoms with Gasteiger partial charge in [0.15, 0.2) is 0 Å². The molecule has 3 heteroatoms. The summed E-state index contributed by atoms with van der Waals surface area (Å²) in [6.07, 6.45) is 5.73. The Morgan fingerprint density at radius 3 is 2.79 bits per heavy atom. The van der Waals surface area contributed by atoms with E-state index < -0.39 is 5.97 Å². The molecule has 0 heterocycles. The number of allylic oxidation sites excluding steroid dienone is 3. The average molecular weight is 196 g/mol. The number of ether oxygens (including phenoxy) is 1. The van der Waals surface area contributed by atoms with E-state index in [0.29, 0.717) is 17.8 Å². The summed E-state index contributed by atoms with van der Waals surface area (Å²) in [7, 11) is 0. The van der Waals surface area contributed by atoms with E-state index in [-0.39, 0.29) is 0 Å². The molecule has 0 fully saturated rings. The van der Waals surface area contributed by atoms with Crippen molar-refractivity contribution in [2.75, 3.05) is 0 Å². The van der Waals surface area contributed by atoms with Gasteiger partial charge in [0.2, 0.25) is 0 Å². The Morgan fingerprint density at radius 2 is 2.36 bits per heavy atom. The highest BCUT2D eigenvalue weighted by Gasteiger charge is 2.13. The van der Waals surface area contributed by atoms with Crippen LogP contribution in [0, 0.1) is 0 Å². The topological polar surface area (TPSA) is 46.5 Å². The van der Waals surface area contributed by atoms with Crippen LogP contribution in [0.3, 0.4) is 0 Å². The van der Waals surface area contributed by atoms with Gasteiger partial charge in [-0.05, 0) is 25.8 Å². The van der Waals surface area contributed by atoms with E-state index in [1.165, 1.54) is 0 Å². The second-order valence-corrected chi connectivity index (χ2v) is 3.37. The first-order valence-electron chi connectivity index (χ1n) is 4.95. The van der Waals surface area contributed by atoms with Crippen LogP contribution in [0.25, 0.3) is 0 Å². The van der Waals surface area contributed by atoms with Crippen LogP contribution in [0.15, 0.2) is 23.2 Å². The van der Waals surface area contributed by atoms with Crippen molar-refractivity contribution in [3.8, 4) is 0 Å². The summed E-state index contributed by atoms with van der Waals surface area (Å²) >= 11 is 0. The third-order valence-corrected chi connectivity index (χ3v) is 2.31. The zero-order valence-electron chi connectivity index (χ0n) is 8.67. The molecule has 0 aliphatic heterocycles. The SMILES string of the molecule is CC/C(OC1=CCCC1)=C(/C)C(=O)O. The quantitative estimate of drug-likeness (QED) is 0.555. The van der Waals surface area contributed by atoms with Gasteiger partial charge in [-0.2, -0.15) is 0 Å². The molecular formula is C11H16O3. The van der Waals surface area contributed by atoms with Gasteiger partial charge < -0.3 is 9.84 Å². The Bertz CT molecular complexity index is 287. The second-order valence-electron chi connectivity index (χ2n) is 3.37. The minimum Gasteiger partial charge on any atom is -0.478 e. The molecule has 0 saturated heterocycles. The molecular weight excluding hydrogens is 180 g/mol. The first-order valence-corrected chi connectivity index (χ1v) is 4.95. The normalized spacial score (nSPS) is 17.4. The first-order chi connectivity index (χ1) is 6.65. The molecule has 0 unspecified atom stereocenters. The van der Waals surface area contributed by atoms with Gasteiger partial charge in [0.25, 0.3) is 0 Å². The smallest absolute Gasteiger partial charge is 0.334 e. The molecule has 0 atom stereocenters. The highest BCUT2D eigenvalue weighted by atomic mass is 16.5. The summed E-state index contributed by atoms with van der Waals surface area (Å²) < 4.78 is 5.54. The lowest BCUT2D eigenvalue weighted by Gasteiger charge is -2.10. The number of carboxylic acids is 1. The fourth-order valence-electron chi connectivity index (χ4n) is 1.43. The zero-order valence-corrected chi connectivity index (χ0v) is 8.67. The first kappa shape index (κ1) is 10.8. The van der Waals surface area contributed by atoms with Gasteiger partial charge >= 0.3 is 5.97 Å². The van der Waals surface area contributed by atoms with E-state index in [1.807, 2.05) is 13.0 Å². The van der Waals surface area contributed by atoms with Crippen LogP contribution >= 0.6 is 0 Å². The highest BCUT2D eigenvalue weighted by molar-refractivity contribution is 5.86. The fourth-order valence-corrected chi connectivity index (χ4v) is 1.43. The molecule has 3 nitrogen and oxygen atoms in total. The summed E-state index contributed by atoms with van der Waals surface area (Å²) in [6.45, 7) is 3.48. The molecule has 0 amide bonds.